The zero-order valence-electron chi connectivity index (χ0n) is 23.3. The van der Waals surface area contributed by atoms with Crippen molar-refractivity contribution >= 4 is 59.6 Å². The first kappa shape index (κ1) is 35.0. The van der Waals surface area contributed by atoms with Crippen LogP contribution in [0.25, 0.3) is 5.76 Å². The first-order chi connectivity index (χ1) is 18.9. The van der Waals surface area contributed by atoms with E-state index in [0.29, 0.717) is 25.1 Å². The smallest absolute Gasteiger partial charge is 0.255 e. The number of amides is 2. The molecule has 232 valence electrons. The van der Waals surface area contributed by atoms with Crippen LogP contribution < -0.4 is 16.4 Å². The lowest BCUT2D eigenvalue weighted by Crippen LogP contribution is -2.65. The number of carbonyl (C=O) groups excluding carboxylic acids is 4. The average Bonchev–Trinajstić information content (AvgIpc) is 2.87. The van der Waals surface area contributed by atoms with Gasteiger partial charge in [0.05, 0.1) is 23.8 Å². The van der Waals surface area contributed by atoms with E-state index >= 15 is 0 Å². The van der Waals surface area contributed by atoms with Gasteiger partial charge in [-0.05, 0) is 57.5 Å². The average molecular weight is 632 g/mol. The number of halogens is 2. The van der Waals surface area contributed by atoms with E-state index in [9.17, 15) is 39.6 Å². The third-order valence-corrected chi connectivity index (χ3v) is 7.85. The number of rotatable bonds is 9. The number of primary amides is 1. The van der Waals surface area contributed by atoms with E-state index < -0.39 is 69.7 Å². The number of methoxy groups -OCH3 is 1. The van der Waals surface area contributed by atoms with E-state index in [0.717, 1.165) is 0 Å². The molecule has 13 nitrogen and oxygen atoms in total. The third kappa shape index (κ3) is 5.72. The van der Waals surface area contributed by atoms with E-state index in [1.54, 1.807) is 13.2 Å². The first-order valence-electron chi connectivity index (χ1n) is 12.8. The van der Waals surface area contributed by atoms with Gasteiger partial charge in [0.1, 0.15) is 22.8 Å². The van der Waals surface area contributed by atoms with Crippen molar-refractivity contribution in [3.8, 4) is 5.75 Å². The number of fused-ring (bicyclic) bond motifs is 3. The zero-order valence-corrected chi connectivity index (χ0v) is 24.9. The van der Waals surface area contributed by atoms with Crippen molar-refractivity contribution in [2.24, 2.45) is 17.6 Å². The number of phenols is 1. The lowest BCUT2D eigenvalue weighted by atomic mass is 9.57. The molecule has 1 fully saturated rings. The molecule has 3 aliphatic rings. The monoisotopic (exact) mass is 630 g/mol. The molecule has 8 N–H and O–H groups in total. The molecule has 3 aliphatic carbocycles. The number of hydrogen-bond donors (Lipinski definition) is 7. The second kappa shape index (κ2) is 13.4. The minimum Gasteiger partial charge on any atom is -0.508 e. The zero-order chi connectivity index (χ0) is 29.5. The number of aromatic hydroxyl groups is 1. The van der Waals surface area contributed by atoms with Crippen molar-refractivity contribution in [3.05, 3.63) is 40.2 Å². The summed E-state index contributed by atoms with van der Waals surface area (Å²) in [4.78, 5) is 52.8. The summed E-state index contributed by atoms with van der Waals surface area (Å²) < 4.78 is 4.95. The molecule has 42 heavy (non-hydrogen) atoms. The maximum Gasteiger partial charge on any atom is 0.255 e. The van der Waals surface area contributed by atoms with Crippen molar-refractivity contribution in [1.29, 1.82) is 0 Å². The normalized spacial score (nSPS) is 24.7. The minimum absolute atomic E-state index is 0. The van der Waals surface area contributed by atoms with Crippen LogP contribution in [-0.4, -0.2) is 101 Å². The molecule has 0 heterocycles. The number of Topliss-reactive ketones (excluding diaryl/α,β-unsaturated/α-hetero) is 2. The van der Waals surface area contributed by atoms with E-state index in [1.165, 1.54) is 25.1 Å². The molecule has 4 unspecified atom stereocenters. The molecule has 0 aliphatic heterocycles. The first-order valence-corrected chi connectivity index (χ1v) is 12.8. The van der Waals surface area contributed by atoms with Gasteiger partial charge in [-0.3, -0.25) is 24.1 Å². The Bertz CT molecular complexity index is 1350. The van der Waals surface area contributed by atoms with Gasteiger partial charge in [0.15, 0.2) is 11.4 Å². The number of hydrogen-bond acceptors (Lipinski definition) is 11. The predicted octanol–water partition coefficient (Wildman–Crippen LogP) is 0.372. The van der Waals surface area contributed by atoms with Crippen molar-refractivity contribution in [1.82, 2.24) is 10.2 Å². The molecule has 4 rings (SSSR count). The van der Waals surface area contributed by atoms with Gasteiger partial charge in [-0.25, -0.2) is 0 Å². The molecule has 2 amide bonds. The molecular formula is C27H36Cl2N4O9. The van der Waals surface area contributed by atoms with E-state index in [2.05, 4.69) is 10.6 Å². The number of nitrogens with two attached hydrogens (primary N) is 1. The summed E-state index contributed by atoms with van der Waals surface area (Å²) in [5, 5.41) is 50.3. The number of likely N-dealkylation sites (N-methyl/N-ethyl adjacent to an activating group) is 1. The van der Waals surface area contributed by atoms with Gasteiger partial charge in [0.25, 0.3) is 5.91 Å². The predicted molar refractivity (Wildman–Crippen MR) is 157 cm³/mol. The molecule has 0 radical (unpaired) electrons. The Hall–Kier alpha value is -3.20. The fourth-order valence-electron chi connectivity index (χ4n) is 6.06. The maximum absolute atomic E-state index is 13.8. The van der Waals surface area contributed by atoms with Gasteiger partial charge in [-0.1, -0.05) is 6.07 Å². The van der Waals surface area contributed by atoms with E-state index in [-0.39, 0.29) is 61.0 Å². The summed E-state index contributed by atoms with van der Waals surface area (Å²) in [6.45, 7) is 1.03. The molecule has 4 atom stereocenters. The van der Waals surface area contributed by atoms with Crippen LogP contribution in [0.1, 0.15) is 24.0 Å². The number of nitrogens with one attached hydrogen (secondary N) is 2. The van der Waals surface area contributed by atoms with Crippen molar-refractivity contribution in [2.45, 2.75) is 30.9 Å². The van der Waals surface area contributed by atoms with E-state index in [4.69, 9.17) is 10.5 Å². The van der Waals surface area contributed by atoms with Crippen LogP contribution >= 0.6 is 24.8 Å². The molecule has 1 aromatic carbocycles. The number of phenolic OH excluding ortho intramolecular Hbond substituents is 1. The third-order valence-electron chi connectivity index (χ3n) is 7.85. The fraction of sp³-hybridized carbons (Fsp3) is 0.481. The SMILES string of the molecule is COCCCNCC(=O)Nc1ccc2c(c1O)C(O)=C1C(=O)C3(O)C(O)=C(C(N)=O)C(=O)C(N(C)C)C3CC1C2.Cl.Cl. The van der Waals surface area contributed by atoms with Gasteiger partial charge in [-0.2, -0.15) is 0 Å². The molecule has 15 heteroatoms. The molecule has 0 bridgehead atoms. The van der Waals surface area contributed by atoms with Crippen LogP contribution in [0.5, 0.6) is 5.75 Å². The summed E-state index contributed by atoms with van der Waals surface area (Å²) in [7, 11) is 4.65. The minimum atomic E-state index is -2.71. The summed E-state index contributed by atoms with van der Waals surface area (Å²) >= 11 is 0. The van der Waals surface area contributed by atoms with Gasteiger partial charge in [0.2, 0.25) is 11.7 Å². The van der Waals surface area contributed by atoms with Crippen LogP contribution in [0, 0.1) is 11.8 Å². The highest BCUT2D eigenvalue weighted by Gasteiger charge is 2.64. The fourth-order valence-corrected chi connectivity index (χ4v) is 6.06. The van der Waals surface area contributed by atoms with Crippen LogP contribution in [0.3, 0.4) is 0 Å². The number of carbonyl (C=O) groups is 4. The topological polar surface area (TPSA) is 212 Å². The Labute approximate surface area is 254 Å². The molecule has 1 saturated carbocycles. The van der Waals surface area contributed by atoms with Gasteiger partial charge < -0.3 is 41.5 Å². The number of anilines is 1. The summed E-state index contributed by atoms with van der Waals surface area (Å²) in [6, 6.07) is 1.94. The second-order valence-corrected chi connectivity index (χ2v) is 10.5. The Balaban J connectivity index is 0.00000308. The molecule has 0 spiro atoms. The Morgan fingerprint density at radius 1 is 1.17 bits per heavy atom. The van der Waals surface area contributed by atoms with Gasteiger partial charge in [0, 0.05) is 25.2 Å². The lowest BCUT2D eigenvalue weighted by Gasteiger charge is -2.50. The highest BCUT2D eigenvalue weighted by Crippen LogP contribution is 2.53. The van der Waals surface area contributed by atoms with Crippen LogP contribution in [0.15, 0.2) is 29.0 Å². The number of benzene rings is 1. The van der Waals surface area contributed by atoms with Crippen LogP contribution in [0.2, 0.25) is 0 Å². The Morgan fingerprint density at radius 2 is 1.83 bits per heavy atom. The number of nitrogens with zero attached hydrogens (tertiary/aromatic N) is 1. The maximum atomic E-state index is 13.8. The number of ether oxygens (including phenoxy) is 1. The Morgan fingerprint density at radius 3 is 2.43 bits per heavy atom. The summed E-state index contributed by atoms with van der Waals surface area (Å²) in [5.41, 5.74) is 1.89. The lowest BCUT2D eigenvalue weighted by molar-refractivity contribution is -0.153. The van der Waals surface area contributed by atoms with Gasteiger partial charge >= 0.3 is 0 Å². The van der Waals surface area contributed by atoms with Crippen LogP contribution in [-0.2, 0) is 30.3 Å². The highest BCUT2D eigenvalue weighted by atomic mass is 35.5. The number of aliphatic hydroxyl groups excluding tert-OH is 2. The number of aliphatic hydroxyl groups is 3. The highest BCUT2D eigenvalue weighted by molar-refractivity contribution is 6.24. The summed E-state index contributed by atoms with van der Waals surface area (Å²) in [5.74, 6) is -7.70. The van der Waals surface area contributed by atoms with E-state index in [1.807, 2.05) is 0 Å². The molecule has 1 aromatic rings. The standard InChI is InChI=1S/C27H34N4O9.2ClH/c1-31(2)20-14-10-13-9-12-5-6-15(30-16(32)11-29-7-4-8-40-3)21(33)17(12)22(34)18(13)24(36)27(14,39)25(37)19(23(20)35)26(28)38;;/h5-6,13-14,20,29,33-34,37,39H,4,7-11H2,1-3H3,(H2,28,38)(H,30,32);2*1H. The molecular weight excluding hydrogens is 595 g/mol. The van der Waals surface area contributed by atoms with Gasteiger partial charge in [-0.15, -0.1) is 24.8 Å². The second-order valence-electron chi connectivity index (χ2n) is 10.5. The number of ketones is 2. The quantitative estimate of drug-likeness (QED) is 0.112. The largest absolute Gasteiger partial charge is 0.508 e. The molecule has 0 aromatic heterocycles. The molecule has 0 saturated heterocycles. The summed E-state index contributed by atoms with van der Waals surface area (Å²) in [6.07, 6.45) is 0.865. The van der Waals surface area contributed by atoms with Crippen molar-refractivity contribution in [3.63, 3.8) is 0 Å². The van der Waals surface area contributed by atoms with Crippen molar-refractivity contribution in [2.75, 3.05) is 46.2 Å². The van der Waals surface area contributed by atoms with Crippen molar-refractivity contribution < 1.29 is 44.3 Å². The van der Waals surface area contributed by atoms with Crippen LogP contribution in [0.4, 0.5) is 5.69 Å². The Kier molecular flexibility index (Phi) is 11.2.